The summed E-state index contributed by atoms with van der Waals surface area (Å²) in [5.41, 5.74) is 0.864. The number of pyridine rings is 1. The lowest BCUT2D eigenvalue weighted by molar-refractivity contribution is -0.116. The van der Waals surface area contributed by atoms with Gasteiger partial charge in [-0.05, 0) is 25.5 Å². The van der Waals surface area contributed by atoms with Crippen LogP contribution in [0.4, 0.5) is 5.82 Å². The van der Waals surface area contributed by atoms with E-state index >= 15 is 0 Å². The van der Waals surface area contributed by atoms with Crippen LogP contribution in [-0.2, 0) is 29.1 Å². The van der Waals surface area contributed by atoms with Crippen molar-refractivity contribution in [3.05, 3.63) is 35.5 Å². The number of hydrogen-bond donors (Lipinski definition) is 3. The molecule has 164 valence electrons. The largest absolute Gasteiger partial charge is 0.377 e. The molecule has 0 bridgehead atoms. The highest BCUT2D eigenvalue weighted by Crippen LogP contribution is 2.13. The first-order valence-corrected chi connectivity index (χ1v) is 9.69. The minimum Gasteiger partial charge on any atom is -0.377 e. The summed E-state index contributed by atoms with van der Waals surface area (Å²) in [6, 6.07) is 5.72. The number of guanidine groups is 1. The second-order valence-corrected chi connectivity index (χ2v) is 6.90. The minimum absolute atomic E-state index is 0. The zero-order valence-electron chi connectivity index (χ0n) is 17.5. The quantitative estimate of drug-likeness (QED) is 0.281. The number of halogens is 1. The van der Waals surface area contributed by atoms with Gasteiger partial charge in [-0.25, -0.2) is 14.6 Å². The third-order valence-corrected chi connectivity index (χ3v) is 4.54. The Morgan fingerprint density at radius 3 is 2.93 bits per heavy atom. The van der Waals surface area contributed by atoms with Crippen LogP contribution in [0.5, 0.6) is 0 Å². The smallest absolute Gasteiger partial charge is 0.227 e. The fourth-order valence-corrected chi connectivity index (χ4v) is 3.17. The van der Waals surface area contributed by atoms with Crippen molar-refractivity contribution in [2.45, 2.75) is 45.4 Å². The van der Waals surface area contributed by atoms with Crippen LogP contribution >= 0.6 is 24.0 Å². The molecule has 0 aliphatic carbocycles. The van der Waals surface area contributed by atoms with E-state index < -0.39 is 0 Å². The molecule has 2 aromatic rings. The Balaban J connectivity index is 0.00000320. The van der Waals surface area contributed by atoms with Gasteiger partial charge < -0.3 is 20.7 Å². The lowest BCUT2D eigenvalue weighted by Crippen LogP contribution is -2.47. The van der Waals surface area contributed by atoms with E-state index in [1.165, 1.54) is 0 Å². The summed E-state index contributed by atoms with van der Waals surface area (Å²) in [6.07, 6.45) is 2.09. The van der Waals surface area contributed by atoms with Gasteiger partial charge in [0.2, 0.25) is 5.91 Å². The third-order valence-electron chi connectivity index (χ3n) is 4.54. The summed E-state index contributed by atoms with van der Waals surface area (Å²) in [5.74, 6) is 2.83. The molecular weight excluding hydrogens is 499 g/mol. The van der Waals surface area contributed by atoms with Crippen molar-refractivity contribution in [1.82, 2.24) is 30.4 Å². The molecule has 1 aliphatic rings. The zero-order valence-corrected chi connectivity index (χ0v) is 19.8. The predicted molar refractivity (Wildman–Crippen MR) is 125 cm³/mol. The van der Waals surface area contributed by atoms with Crippen molar-refractivity contribution in [3.8, 4) is 0 Å². The molecule has 1 atom stereocenters. The van der Waals surface area contributed by atoms with Crippen molar-refractivity contribution >= 4 is 41.7 Å². The Bertz CT molecular complexity index is 870. The Morgan fingerprint density at radius 1 is 1.37 bits per heavy atom. The minimum atomic E-state index is -0.0957. The van der Waals surface area contributed by atoms with Gasteiger partial charge in [0.25, 0.3) is 0 Å². The number of methoxy groups -OCH3 is 1. The molecule has 3 heterocycles. The van der Waals surface area contributed by atoms with E-state index in [-0.39, 0.29) is 35.9 Å². The molecule has 0 saturated carbocycles. The van der Waals surface area contributed by atoms with Crippen LogP contribution in [0.1, 0.15) is 30.2 Å². The van der Waals surface area contributed by atoms with Crippen LogP contribution < -0.4 is 16.0 Å². The number of aryl methyl sites for hydroxylation is 2. The number of rotatable bonds is 7. The first-order valence-electron chi connectivity index (χ1n) is 9.69. The molecule has 2 aromatic heterocycles. The van der Waals surface area contributed by atoms with Gasteiger partial charge in [0.15, 0.2) is 11.8 Å². The van der Waals surface area contributed by atoms with Crippen LogP contribution in [0, 0.1) is 6.92 Å². The normalized spacial score (nSPS) is 15.7. The Labute approximate surface area is 193 Å². The second-order valence-electron chi connectivity index (χ2n) is 6.90. The van der Waals surface area contributed by atoms with Crippen molar-refractivity contribution in [3.63, 3.8) is 0 Å². The molecule has 10 nitrogen and oxygen atoms in total. The molecule has 3 N–H and O–H groups in total. The number of aliphatic imine (C=N–C) groups is 1. The molecule has 1 amide bonds. The molecular formula is C19H29IN8O2. The Morgan fingerprint density at radius 2 is 2.20 bits per heavy atom. The molecule has 1 aliphatic heterocycles. The number of hydrogen-bond acceptors (Lipinski definition) is 6. The summed E-state index contributed by atoms with van der Waals surface area (Å²) >= 11 is 0. The first kappa shape index (κ1) is 24.0. The lowest BCUT2D eigenvalue weighted by atomic mass is 10.1. The van der Waals surface area contributed by atoms with Crippen LogP contribution in [0.15, 0.2) is 23.2 Å². The standard InChI is InChI=1S/C19H28N8O2.HI/c1-13-5-4-6-15(22-13)25-18(28)9-10-21-19(20-2)23-14-7-8-17-24-16(12-29-3)26-27(17)11-14;/h4-6,14H,7-12H2,1-3H3,(H2,20,21,23)(H,22,25,28);1H. The highest BCUT2D eigenvalue weighted by Gasteiger charge is 2.22. The number of nitrogens with one attached hydrogen (secondary N) is 3. The second kappa shape index (κ2) is 11.8. The van der Waals surface area contributed by atoms with Gasteiger partial charge in [-0.3, -0.25) is 9.79 Å². The van der Waals surface area contributed by atoms with E-state index in [2.05, 4.69) is 36.0 Å². The summed E-state index contributed by atoms with van der Waals surface area (Å²) in [5, 5.41) is 13.9. The summed E-state index contributed by atoms with van der Waals surface area (Å²) in [6.45, 7) is 3.49. The molecule has 0 fully saturated rings. The van der Waals surface area contributed by atoms with Gasteiger partial charge in [0.05, 0.1) is 6.54 Å². The zero-order chi connectivity index (χ0) is 20.6. The number of carbonyl (C=O) groups is 1. The average Bonchev–Trinajstić information content (AvgIpc) is 3.09. The maximum Gasteiger partial charge on any atom is 0.227 e. The molecule has 11 heteroatoms. The van der Waals surface area contributed by atoms with E-state index in [0.29, 0.717) is 43.7 Å². The number of anilines is 1. The van der Waals surface area contributed by atoms with Crippen molar-refractivity contribution in [2.75, 3.05) is 26.0 Å². The van der Waals surface area contributed by atoms with Gasteiger partial charge in [0, 0.05) is 45.3 Å². The van der Waals surface area contributed by atoms with Gasteiger partial charge in [0.1, 0.15) is 18.2 Å². The number of carbonyl (C=O) groups excluding carboxylic acids is 1. The summed E-state index contributed by atoms with van der Waals surface area (Å²) < 4.78 is 7.02. The van der Waals surface area contributed by atoms with Gasteiger partial charge in [-0.1, -0.05) is 6.07 Å². The van der Waals surface area contributed by atoms with E-state index in [0.717, 1.165) is 24.4 Å². The molecule has 3 rings (SSSR count). The number of fused-ring (bicyclic) bond motifs is 1. The van der Waals surface area contributed by atoms with E-state index in [4.69, 9.17) is 4.74 Å². The number of nitrogens with zero attached hydrogens (tertiary/aromatic N) is 5. The number of amides is 1. The highest BCUT2D eigenvalue weighted by molar-refractivity contribution is 14.0. The van der Waals surface area contributed by atoms with Crippen molar-refractivity contribution in [1.29, 1.82) is 0 Å². The number of aromatic nitrogens is 4. The molecule has 0 radical (unpaired) electrons. The van der Waals surface area contributed by atoms with Crippen LogP contribution in [-0.4, -0.2) is 58.4 Å². The van der Waals surface area contributed by atoms with Crippen LogP contribution in [0.25, 0.3) is 0 Å². The summed E-state index contributed by atoms with van der Waals surface area (Å²) in [7, 11) is 3.35. The van der Waals surface area contributed by atoms with E-state index in [9.17, 15) is 4.79 Å². The summed E-state index contributed by atoms with van der Waals surface area (Å²) in [4.78, 5) is 25.1. The van der Waals surface area contributed by atoms with Crippen LogP contribution in [0.2, 0.25) is 0 Å². The SMILES string of the molecule is CN=C(NCCC(=O)Nc1cccc(C)n1)NC1CCc2nc(COC)nn2C1.I. The lowest BCUT2D eigenvalue weighted by Gasteiger charge is -2.25. The molecule has 1 unspecified atom stereocenters. The maximum atomic E-state index is 12.1. The fraction of sp³-hybridized carbons (Fsp3) is 0.526. The van der Waals surface area contributed by atoms with Crippen LogP contribution in [0.3, 0.4) is 0 Å². The molecule has 0 spiro atoms. The number of ether oxygens (including phenoxy) is 1. The van der Waals surface area contributed by atoms with Gasteiger partial charge in [-0.2, -0.15) is 5.10 Å². The topological polar surface area (TPSA) is 118 Å². The van der Waals surface area contributed by atoms with E-state index in [1.54, 1.807) is 20.2 Å². The van der Waals surface area contributed by atoms with Gasteiger partial charge >= 0.3 is 0 Å². The average molecular weight is 528 g/mol. The fourth-order valence-electron chi connectivity index (χ4n) is 3.17. The third kappa shape index (κ3) is 6.90. The van der Waals surface area contributed by atoms with Crippen molar-refractivity contribution < 1.29 is 9.53 Å². The highest BCUT2D eigenvalue weighted by atomic mass is 127. The van der Waals surface area contributed by atoms with E-state index in [1.807, 2.05) is 23.7 Å². The Hall–Kier alpha value is -2.28. The molecule has 0 saturated heterocycles. The Kier molecular flexibility index (Phi) is 9.43. The monoisotopic (exact) mass is 528 g/mol. The van der Waals surface area contributed by atoms with Gasteiger partial charge in [-0.15, -0.1) is 24.0 Å². The predicted octanol–water partition coefficient (Wildman–Crippen LogP) is 1.25. The molecule has 30 heavy (non-hydrogen) atoms. The molecule has 0 aromatic carbocycles. The first-order chi connectivity index (χ1) is 14.1. The van der Waals surface area contributed by atoms with Crippen molar-refractivity contribution in [2.24, 2.45) is 4.99 Å². The maximum absolute atomic E-state index is 12.1.